The van der Waals surface area contributed by atoms with E-state index in [0.29, 0.717) is 13.0 Å². The van der Waals surface area contributed by atoms with Crippen molar-refractivity contribution in [2.75, 3.05) is 37.1 Å². The van der Waals surface area contributed by atoms with Crippen molar-refractivity contribution in [1.29, 1.82) is 0 Å². The van der Waals surface area contributed by atoms with Gasteiger partial charge in [-0.1, -0.05) is 0 Å². The largest absolute Gasteiger partial charge is 0.488 e. The number of sulfone groups is 1. The molecule has 2 amide bonds. The molecular formula is C18H22FN3O6S. The summed E-state index contributed by atoms with van der Waals surface area (Å²) in [5, 5.41) is 7.74. The van der Waals surface area contributed by atoms with Gasteiger partial charge in [-0.05, 0) is 18.6 Å². The minimum atomic E-state index is -3.20. The van der Waals surface area contributed by atoms with Crippen molar-refractivity contribution in [3.8, 4) is 5.75 Å². The molecule has 2 heterocycles. The maximum Gasteiger partial charge on any atom is 0.271 e. The molecule has 0 bridgehead atoms. The van der Waals surface area contributed by atoms with Gasteiger partial charge in [0.15, 0.2) is 21.4 Å². The highest BCUT2D eigenvalue weighted by molar-refractivity contribution is 7.91. The van der Waals surface area contributed by atoms with Crippen LogP contribution in [-0.2, 0) is 24.2 Å². The summed E-state index contributed by atoms with van der Waals surface area (Å²) in [7, 11) is -1.69. The summed E-state index contributed by atoms with van der Waals surface area (Å²) in [4.78, 5) is 24.6. The van der Waals surface area contributed by atoms with Gasteiger partial charge in [-0.2, -0.15) is 5.10 Å². The molecule has 3 rings (SSSR count). The van der Waals surface area contributed by atoms with Crippen LogP contribution < -0.4 is 10.1 Å². The number of hydrogen-bond donors (Lipinski definition) is 1. The second-order valence-corrected chi connectivity index (χ2v) is 9.01. The molecule has 1 N–H and O–H groups in total. The van der Waals surface area contributed by atoms with Gasteiger partial charge in [0.25, 0.3) is 5.91 Å². The van der Waals surface area contributed by atoms with Gasteiger partial charge >= 0.3 is 0 Å². The number of benzene rings is 1. The zero-order valence-corrected chi connectivity index (χ0v) is 16.7. The number of methoxy groups -OCH3 is 1. The first-order valence-electron chi connectivity index (χ1n) is 9.11. The van der Waals surface area contributed by atoms with E-state index in [2.05, 4.69) is 10.4 Å². The molecule has 9 nitrogen and oxygen atoms in total. The summed E-state index contributed by atoms with van der Waals surface area (Å²) >= 11 is 0. The summed E-state index contributed by atoms with van der Waals surface area (Å²) in [6.45, 7) is 0.506. The van der Waals surface area contributed by atoms with E-state index in [-0.39, 0.29) is 54.0 Å². The molecule has 2 aliphatic heterocycles. The van der Waals surface area contributed by atoms with E-state index in [0.717, 1.165) is 11.1 Å². The summed E-state index contributed by atoms with van der Waals surface area (Å²) in [6, 6.07) is 3.44. The van der Waals surface area contributed by atoms with Gasteiger partial charge in [0.2, 0.25) is 5.91 Å². The lowest BCUT2D eigenvalue weighted by molar-refractivity contribution is -0.133. The van der Waals surface area contributed by atoms with Gasteiger partial charge in [-0.3, -0.25) is 9.59 Å². The quantitative estimate of drug-likeness (QED) is 0.648. The standard InChI is InChI=1S/C18H22FN3O6S/c1-27-7-8-28-16-4-2-12(10-14(16)19)20-18(24)15-3-5-17(23)22(21-15)13-6-9-29(25,26)11-13/h2,4,10,13H,3,5-9,11H2,1H3,(H,20,24). The van der Waals surface area contributed by atoms with Crippen LogP contribution >= 0.6 is 0 Å². The van der Waals surface area contributed by atoms with E-state index < -0.39 is 27.6 Å². The van der Waals surface area contributed by atoms with Gasteiger partial charge in [-0.15, -0.1) is 0 Å². The minimum absolute atomic E-state index is 0.00340. The number of hydrogen-bond acceptors (Lipinski definition) is 7. The Balaban J connectivity index is 1.67. The normalized spacial score (nSPS) is 21.0. The first-order chi connectivity index (χ1) is 13.8. The average Bonchev–Trinajstić information content (AvgIpc) is 3.03. The van der Waals surface area contributed by atoms with Gasteiger partial charge in [0.05, 0.1) is 24.2 Å². The van der Waals surface area contributed by atoms with E-state index in [9.17, 15) is 22.4 Å². The fourth-order valence-corrected chi connectivity index (χ4v) is 4.81. The van der Waals surface area contributed by atoms with E-state index in [1.807, 2.05) is 0 Å². The Morgan fingerprint density at radius 2 is 2.14 bits per heavy atom. The maximum absolute atomic E-state index is 14.1. The first kappa shape index (κ1) is 21.2. The third kappa shape index (κ3) is 5.30. The third-order valence-electron chi connectivity index (χ3n) is 4.61. The molecule has 2 aliphatic rings. The van der Waals surface area contributed by atoms with Gasteiger partial charge in [0.1, 0.15) is 12.3 Å². The minimum Gasteiger partial charge on any atom is -0.488 e. The van der Waals surface area contributed by atoms with Crippen LogP contribution in [-0.4, -0.2) is 68.8 Å². The summed E-state index contributed by atoms with van der Waals surface area (Å²) in [5.41, 5.74) is 0.302. The fraction of sp³-hybridized carbons (Fsp3) is 0.500. The zero-order valence-electron chi connectivity index (χ0n) is 15.9. The van der Waals surface area contributed by atoms with Crippen LogP contribution in [0, 0.1) is 5.82 Å². The molecule has 0 radical (unpaired) electrons. The number of nitrogens with zero attached hydrogens (tertiary/aromatic N) is 2. The highest BCUT2D eigenvalue weighted by atomic mass is 32.2. The zero-order chi connectivity index (χ0) is 21.0. The summed E-state index contributed by atoms with van der Waals surface area (Å²) < 4.78 is 47.5. The molecule has 1 saturated heterocycles. The Bertz CT molecular complexity index is 934. The number of amides is 2. The van der Waals surface area contributed by atoms with Crippen LogP contribution in [0.3, 0.4) is 0 Å². The number of hydrazone groups is 1. The molecule has 1 aromatic rings. The van der Waals surface area contributed by atoms with Crippen LogP contribution in [0.15, 0.2) is 23.3 Å². The summed E-state index contributed by atoms with van der Waals surface area (Å²) in [6.07, 6.45) is 0.479. The number of nitrogens with one attached hydrogen (secondary N) is 1. The molecule has 158 valence electrons. The molecule has 1 unspecified atom stereocenters. The fourth-order valence-electron chi connectivity index (χ4n) is 3.12. The summed E-state index contributed by atoms with van der Waals surface area (Å²) in [5.74, 6) is -1.65. The monoisotopic (exact) mass is 427 g/mol. The lowest BCUT2D eigenvalue weighted by atomic mass is 10.1. The number of anilines is 1. The van der Waals surface area contributed by atoms with Gasteiger partial charge in [0, 0.05) is 31.7 Å². The van der Waals surface area contributed by atoms with Gasteiger partial charge in [-0.25, -0.2) is 17.8 Å². The molecule has 1 fully saturated rings. The number of halogens is 1. The Hall–Kier alpha value is -2.53. The van der Waals surface area contributed by atoms with Crippen LogP contribution in [0.1, 0.15) is 19.3 Å². The average molecular weight is 427 g/mol. The second-order valence-electron chi connectivity index (χ2n) is 6.78. The predicted molar refractivity (Wildman–Crippen MR) is 103 cm³/mol. The molecule has 29 heavy (non-hydrogen) atoms. The van der Waals surface area contributed by atoms with Crippen LogP contribution in [0.2, 0.25) is 0 Å². The topological polar surface area (TPSA) is 114 Å². The molecule has 0 spiro atoms. The van der Waals surface area contributed by atoms with Crippen LogP contribution in [0.4, 0.5) is 10.1 Å². The number of rotatable bonds is 7. The van der Waals surface area contributed by atoms with Crippen molar-refractivity contribution < 1.29 is 31.9 Å². The van der Waals surface area contributed by atoms with E-state index >= 15 is 0 Å². The van der Waals surface area contributed by atoms with E-state index in [1.165, 1.54) is 19.2 Å². The van der Waals surface area contributed by atoms with Crippen molar-refractivity contribution >= 4 is 33.1 Å². The van der Waals surface area contributed by atoms with E-state index in [1.54, 1.807) is 0 Å². The van der Waals surface area contributed by atoms with Crippen LogP contribution in [0.25, 0.3) is 0 Å². The Morgan fingerprint density at radius 1 is 1.34 bits per heavy atom. The molecular weight excluding hydrogens is 405 g/mol. The van der Waals surface area contributed by atoms with Crippen molar-refractivity contribution in [2.45, 2.75) is 25.3 Å². The number of carbonyl (C=O) groups excluding carboxylic acids is 2. The first-order valence-corrected chi connectivity index (χ1v) is 10.9. The smallest absolute Gasteiger partial charge is 0.271 e. The highest BCUT2D eigenvalue weighted by Crippen LogP contribution is 2.24. The SMILES string of the molecule is COCCOc1ccc(NC(=O)C2=NN(C3CCS(=O)(=O)C3)C(=O)CC2)cc1F. The molecule has 11 heteroatoms. The molecule has 0 aromatic heterocycles. The van der Waals surface area contributed by atoms with Crippen molar-refractivity contribution in [3.05, 3.63) is 24.0 Å². The van der Waals surface area contributed by atoms with Crippen LogP contribution in [0.5, 0.6) is 5.75 Å². The Labute approximate surface area is 167 Å². The lowest BCUT2D eigenvalue weighted by Crippen LogP contribution is -2.42. The Morgan fingerprint density at radius 3 is 2.79 bits per heavy atom. The number of ether oxygens (including phenoxy) is 2. The Kier molecular flexibility index (Phi) is 6.48. The molecule has 0 saturated carbocycles. The number of carbonyl (C=O) groups is 2. The van der Waals surface area contributed by atoms with E-state index in [4.69, 9.17) is 9.47 Å². The third-order valence-corrected chi connectivity index (χ3v) is 6.36. The molecule has 1 atom stereocenters. The second kappa shape index (κ2) is 8.87. The highest BCUT2D eigenvalue weighted by Gasteiger charge is 2.37. The molecule has 0 aliphatic carbocycles. The maximum atomic E-state index is 14.1. The molecule has 1 aromatic carbocycles. The van der Waals surface area contributed by atoms with Gasteiger partial charge < -0.3 is 14.8 Å². The van der Waals surface area contributed by atoms with Crippen molar-refractivity contribution in [2.24, 2.45) is 5.10 Å². The van der Waals surface area contributed by atoms with Crippen molar-refractivity contribution in [1.82, 2.24) is 5.01 Å². The lowest BCUT2D eigenvalue weighted by Gasteiger charge is -2.27. The predicted octanol–water partition coefficient (Wildman–Crippen LogP) is 0.955. The van der Waals surface area contributed by atoms with Crippen molar-refractivity contribution in [3.63, 3.8) is 0 Å².